The number of nitrogens with one attached hydrogen (secondary N) is 1. The van der Waals surface area contributed by atoms with Crippen LogP contribution in [0.2, 0.25) is 5.02 Å². The van der Waals surface area contributed by atoms with Crippen molar-refractivity contribution in [3.8, 4) is 0 Å². The minimum Gasteiger partial charge on any atom is -0.397 e. The summed E-state index contributed by atoms with van der Waals surface area (Å²) in [5.74, 6) is 0. The third-order valence-corrected chi connectivity index (χ3v) is 4.90. The highest BCUT2D eigenvalue weighted by Gasteiger charge is 2.35. The van der Waals surface area contributed by atoms with Crippen LogP contribution in [0.5, 0.6) is 0 Å². The van der Waals surface area contributed by atoms with Crippen molar-refractivity contribution < 1.29 is 13.5 Å². The van der Waals surface area contributed by atoms with Crippen molar-refractivity contribution in [2.75, 3.05) is 12.3 Å². The van der Waals surface area contributed by atoms with E-state index < -0.39 is 15.6 Å². The van der Waals surface area contributed by atoms with Gasteiger partial charge in [0, 0.05) is 6.54 Å². The summed E-state index contributed by atoms with van der Waals surface area (Å²) in [4.78, 5) is 0.0484. The van der Waals surface area contributed by atoms with Crippen LogP contribution in [-0.2, 0) is 10.0 Å². The molecule has 1 aromatic carbocycles. The monoisotopic (exact) mass is 290 g/mol. The van der Waals surface area contributed by atoms with Gasteiger partial charge in [0.05, 0.1) is 21.2 Å². The van der Waals surface area contributed by atoms with Crippen LogP contribution in [0.15, 0.2) is 23.1 Å². The van der Waals surface area contributed by atoms with Crippen LogP contribution in [0.4, 0.5) is 5.69 Å². The lowest BCUT2D eigenvalue weighted by molar-refractivity contribution is -0.0270. The van der Waals surface area contributed by atoms with Crippen LogP contribution in [0, 0.1) is 0 Å². The average molecular weight is 291 g/mol. The Balaban J connectivity index is 2.12. The molecule has 1 aliphatic rings. The molecule has 100 valence electrons. The van der Waals surface area contributed by atoms with Crippen molar-refractivity contribution in [2.45, 2.75) is 29.8 Å². The highest BCUT2D eigenvalue weighted by atomic mass is 35.5. The van der Waals surface area contributed by atoms with Gasteiger partial charge in [-0.15, -0.1) is 0 Å². The van der Waals surface area contributed by atoms with E-state index in [1.807, 2.05) is 0 Å². The smallest absolute Gasteiger partial charge is 0.240 e. The van der Waals surface area contributed by atoms with Gasteiger partial charge in [0.1, 0.15) is 0 Å². The van der Waals surface area contributed by atoms with Crippen LogP contribution in [0.3, 0.4) is 0 Å². The molecule has 1 saturated carbocycles. The first-order valence-electron chi connectivity index (χ1n) is 5.60. The minimum atomic E-state index is -3.66. The molecule has 0 unspecified atom stereocenters. The molecule has 1 fully saturated rings. The van der Waals surface area contributed by atoms with Gasteiger partial charge in [0.2, 0.25) is 10.0 Å². The SMILES string of the molecule is Nc1cc(S(=O)(=O)NCC2(O)CCC2)ccc1Cl. The number of hydrogen-bond acceptors (Lipinski definition) is 4. The number of nitrogens with two attached hydrogens (primary N) is 1. The van der Waals surface area contributed by atoms with Crippen molar-refractivity contribution in [3.63, 3.8) is 0 Å². The average Bonchev–Trinajstić information content (AvgIpc) is 2.27. The lowest BCUT2D eigenvalue weighted by Gasteiger charge is -2.36. The molecular formula is C11H15ClN2O3S. The first-order valence-corrected chi connectivity index (χ1v) is 7.46. The molecule has 2 rings (SSSR count). The maximum atomic E-state index is 12.0. The molecule has 1 aliphatic carbocycles. The van der Waals surface area contributed by atoms with Crippen LogP contribution in [0.25, 0.3) is 0 Å². The number of benzene rings is 1. The second kappa shape index (κ2) is 4.70. The van der Waals surface area contributed by atoms with E-state index in [2.05, 4.69) is 4.72 Å². The molecule has 0 aliphatic heterocycles. The fourth-order valence-electron chi connectivity index (χ4n) is 1.76. The van der Waals surface area contributed by atoms with Gasteiger partial charge in [-0.2, -0.15) is 0 Å². The normalized spacial score (nSPS) is 18.3. The van der Waals surface area contributed by atoms with E-state index in [4.69, 9.17) is 17.3 Å². The van der Waals surface area contributed by atoms with Crippen molar-refractivity contribution in [1.29, 1.82) is 0 Å². The number of hydrogen-bond donors (Lipinski definition) is 3. The van der Waals surface area contributed by atoms with Gasteiger partial charge >= 0.3 is 0 Å². The molecule has 18 heavy (non-hydrogen) atoms. The maximum absolute atomic E-state index is 12.0. The van der Waals surface area contributed by atoms with Crippen molar-refractivity contribution in [2.24, 2.45) is 0 Å². The molecule has 0 aromatic heterocycles. The number of nitrogen functional groups attached to an aromatic ring is 1. The van der Waals surface area contributed by atoms with E-state index in [1.54, 1.807) is 0 Å². The minimum absolute atomic E-state index is 0.0257. The van der Waals surface area contributed by atoms with E-state index >= 15 is 0 Å². The molecule has 0 saturated heterocycles. The Hall–Kier alpha value is -0.820. The third-order valence-electron chi connectivity index (χ3n) is 3.15. The van der Waals surface area contributed by atoms with Crippen molar-refractivity contribution in [3.05, 3.63) is 23.2 Å². The van der Waals surface area contributed by atoms with Crippen molar-refractivity contribution in [1.82, 2.24) is 4.72 Å². The van der Waals surface area contributed by atoms with Gasteiger partial charge in [0.15, 0.2) is 0 Å². The third kappa shape index (κ3) is 2.77. The molecule has 0 atom stereocenters. The summed E-state index contributed by atoms with van der Waals surface area (Å²) in [7, 11) is -3.66. The molecule has 0 amide bonds. The standard InChI is InChI=1S/C11H15ClN2O3S/c12-9-3-2-8(6-10(9)13)18(16,17)14-7-11(15)4-1-5-11/h2-3,6,14-15H,1,4-5,7,13H2. The maximum Gasteiger partial charge on any atom is 0.240 e. The number of halogens is 1. The largest absolute Gasteiger partial charge is 0.397 e. The van der Waals surface area contributed by atoms with Crippen LogP contribution in [-0.4, -0.2) is 25.7 Å². The molecular weight excluding hydrogens is 276 g/mol. The first kappa shape index (κ1) is 13.6. The van der Waals surface area contributed by atoms with E-state index in [0.717, 1.165) is 6.42 Å². The fourth-order valence-corrected chi connectivity index (χ4v) is 3.04. The van der Waals surface area contributed by atoms with Crippen molar-refractivity contribution >= 4 is 27.3 Å². The lowest BCUT2D eigenvalue weighted by Crippen LogP contribution is -2.47. The topological polar surface area (TPSA) is 92.4 Å². The van der Waals surface area contributed by atoms with Gasteiger partial charge < -0.3 is 10.8 Å². The van der Waals surface area contributed by atoms with Gasteiger partial charge in [-0.3, -0.25) is 0 Å². The quantitative estimate of drug-likeness (QED) is 0.725. The van der Waals surface area contributed by atoms with Crippen LogP contribution >= 0.6 is 11.6 Å². The van der Waals surface area contributed by atoms with Gasteiger partial charge in [-0.1, -0.05) is 11.6 Å². The van der Waals surface area contributed by atoms with Gasteiger partial charge in [-0.05, 0) is 37.5 Å². The summed E-state index contributed by atoms with van der Waals surface area (Å²) in [5, 5.41) is 10.2. The Labute approximate surface area is 111 Å². The second-order valence-corrected chi connectivity index (χ2v) is 6.76. The number of aliphatic hydroxyl groups is 1. The Kier molecular flexibility index (Phi) is 3.55. The van der Waals surface area contributed by atoms with E-state index in [9.17, 15) is 13.5 Å². The molecule has 1 aromatic rings. The zero-order chi connectivity index (χ0) is 13.4. The molecule has 7 heteroatoms. The zero-order valence-corrected chi connectivity index (χ0v) is 11.3. The molecule has 0 spiro atoms. The molecule has 5 nitrogen and oxygen atoms in total. The van der Waals surface area contributed by atoms with E-state index in [0.29, 0.717) is 17.9 Å². The Bertz CT molecular complexity index is 555. The summed E-state index contributed by atoms with van der Waals surface area (Å²) in [6.07, 6.45) is 2.17. The predicted molar refractivity (Wildman–Crippen MR) is 69.9 cm³/mol. The highest BCUT2D eigenvalue weighted by Crippen LogP contribution is 2.31. The molecule has 4 N–H and O–H groups in total. The molecule has 0 heterocycles. The van der Waals surface area contributed by atoms with E-state index in [1.165, 1.54) is 18.2 Å². The fraction of sp³-hybridized carbons (Fsp3) is 0.455. The summed E-state index contributed by atoms with van der Waals surface area (Å²) in [5.41, 5.74) is 4.88. The first-order chi connectivity index (χ1) is 8.32. The Morgan fingerprint density at radius 2 is 2.11 bits per heavy atom. The van der Waals surface area contributed by atoms with E-state index in [-0.39, 0.29) is 17.1 Å². The van der Waals surface area contributed by atoms with Gasteiger partial charge in [0.25, 0.3) is 0 Å². The summed E-state index contributed by atoms with van der Waals surface area (Å²) in [6, 6.07) is 4.12. The number of sulfonamides is 1. The summed E-state index contributed by atoms with van der Waals surface area (Å²) in [6.45, 7) is 0.0257. The second-order valence-electron chi connectivity index (χ2n) is 4.59. The number of anilines is 1. The predicted octanol–water partition coefficient (Wildman–Crippen LogP) is 1.12. The lowest BCUT2D eigenvalue weighted by atomic mass is 9.81. The van der Waals surface area contributed by atoms with Crippen LogP contribution < -0.4 is 10.5 Å². The number of rotatable bonds is 4. The highest BCUT2D eigenvalue weighted by molar-refractivity contribution is 7.89. The molecule has 0 radical (unpaired) electrons. The van der Waals surface area contributed by atoms with Crippen LogP contribution in [0.1, 0.15) is 19.3 Å². The molecule has 0 bridgehead atoms. The Morgan fingerprint density at radius 1 is 1.44 bits per heavy atom. The summed E-state index contributed by atoms with van der Waals surface area (Å²) < 4.78 is 26.3. The Morgan fingerprint density at radius 3 is 2.61 bits per heavy atom. The van der Waals surface area contributed by atoms with Gasteiger partial charge in [-0.25, -0.2) is 13.1 Å². The summed E-state index contributed by atoms with van der Waals surface area (Å²) >= 11 is 5.73. The zero-order valence-electron chi connectivity index (χ0n) is 9.69.